The second-order valence-electron chi connectivity index (χ2n) is 11.1. The highest BCUT2D eigenvalue weighted by atomic mass is 16.2. The molecule has 1 saturated heterocycles. The standard InChI is InChI=1S/C26H37N5O2/c1-16-9-12-20(17(2)14-16)27-24(32)22-19(15-30(6)25(22)33)23-29-28-21(31(23)18-10-11-18)8-7-13-26(3,4)5/h9,12,14,18-19,22H,7-8,10-11,13,15H2,1-6H3,(H,27,32)/t19-,22-/m0/s1. The fourth-order valence-electron chi connectivity index (χ4n) is 4.86. The van der Waals surface area contributed by atoms with Crippen LogP contribution < -0.4 is 5.32 Å². The number of hydrogen-bond acceptors (Lipinski definition) is 4. The normalized spacial score (nSPS) is 21.0. The Kier molecular flexibility index (Phi) is 6.34. The van der Waals surface area contributed by atoms with Crippen molar-refractivity contribution in [1.82, 2.24) is 19.7 Å². The van der Waals surface area contributed by atoms with Gasteiger partial charge in [-0.3, -0.25) is 9.59 Å². The lowest BCUT2D eigenvalue weighted by Gasteiger charge is -2.19. The summed E-state index contributed by atoms with van der Waals surface area (Å²) in [5, 5.41) is 12.1. The number of likely N-dealkylation sites (N-methyl/N-ethyl adjacent to an activating group) is 1. The van der Waals surface area contributed by atoms with E-state index in [0.29, 0.717) is 12.6 Å². The van der Waals surface area contributed by atoms with Gasteiger partial charge in [0.1, 0.15) is 17.6 Å². The van der Waals surface area contributed by atoms with Gasteiger partial charge in [-0.05, 0) is 56.6 Å². The number of amides is 2. The van der Waals surface area contributed by atoms with E-state index in [4.69, 9.17) is 0 Å². The van der Waals surface area contributed by atoms with E-state index in [9.17, 15) is 9.59 Å². The smallest absolute Gasteiger partial charge is 0.237 e. The Morgan fingerprint density at radius 1 is 1.18 bits per heavy atom. The SMILES string of the molecule is Cc1ccc(NC(=O)[C@H]2C(=O)N(C)C[C@@H]2c2nnc(CCCC(C)(C)C)n2C2CC2)c(C)c1. The number of benzene rings is 1. The predicted octanol–water partition coefficient (Wildman–Crippen LogP) is 4.41. The summed E-state index contributed by atoms with van der Waals surface area (Å²) in [5.74, 6) is 0.286. The Labute approximate surface area is 197 Å². The molecule has 2 fully saturated rings. The number of likely N-dealkylation sites (tertiary alicyclic amines) is 1. The maximum absolute atomic E-state index is 13.4. The maximum atomic E-state index is 13.4. The number of anilines is 1. The number of aryl methyl sites for hydroxylation is 3. The topological polar surface area (TPSA) is 80.1 Å². The van der Waals surface area contributed by atoms with Gasteiger partial charge in [-0.25, -0.2) is 0 Å². The molecule has 1 aromatic heterocycles. The minimum atomic E-state index is -0.792. The molecule has 2 heterocycles. The number of rotatable bonds is 7. The van der Waals surface area contributed by atoms with Crippen LogP contribution in [0.3, 0.4) is 0 Å². The van der Waals surface area contributed by atoms with Crippen LogP contribution >= 0.6 is 0 Å². The Morgan fingerprint density at radius 2 is 1.91 bits per heavy atom. The molecule has 178 valence electrons. The Hall–Kier alpha value is -2.70. The molecule has 1 aromatic carbocycles. The first-order valence-corrected chi connectivity index (χ1v) is 12.1. The molecule has 1 saturated carbocycles. The Bertz CT molecular complexity index is 1050. The molecule has 7 nitrogen and oxygen atoms in total. The van der Waals surface area contributed by atoms with Crippen molar-refractivity contribution < 1.29 is 9.59 Å². The lowest BCUT2D eigenvalue weighted by molar-refractivity contribution is -0.135. The summed E-state index contributed by atoms with van der Waals surface area (Å²) < 4.78 is 2.25. The van der Waals surface area contributed by atoms with Crippen LogP contribution in [0, 0.1) is 25.2 Å². The molecule has 1 N–H and O–H groups in total. The van der Waals surface area contributed by atoms with Gasteiger partial charge in [-0.15, -0.1) is 10.2 Å². The average Bonchev–Trinajstić information content (AvgIpc) is 3.40. The summed E-state index contributed by atoms with van der Waals surface area (Å²) in [5.41, 5.74) is 3.15. The highest BCUT2D eigenvalue weighted by Crippen LogP contribution is 2.41. The van der Waals surface area contributed by atoms with Crippen LogP contribution in [-0.4, -0.2) is 45.1 Å². The average molecular weight is 452 g/mol. The van der Waals surface area contributed by atoms with Gasteiger partial charge in [0.2, 0.25) is 11.8 Å². The number of aromatic nitrogens is 3. The zero-order valence-electron chi connectivity index (χ0n) is 20.8. The molecule has 1 aliphatic heterocycles. The second-order valence-corrected chi connectivity index (χ2v) is 11.1. The zero-order valence-corrected chi connectivity index (χ0v) is 20.8. The number of nitrogens with one attached hydrogen (secondary N) is 1. The van der Waals surface area contributed by atoms with Crippen molar-refractivity contribution in [2.75, 3.05) is 18.9 Å². The molecule has 1 aliphatic carbocycles. The van der Waals surface area contributed by atoms with Crippen molar-refractivity contribution in [3.63, 3.8) is 0 Å². The summed E-state index contributed by atoms with van der Waals surface area (Å²) in [6.07, 6.45) is 5.25. The quantitative estimate of drug-likeness (QED) is 0.633. The fourth-order valence-corrected chi connectivity index (χ4v) is 4.86. The molecule has 0 unspecified atom stereocenters. The molecule has 0 bridgehead atoms. The van der Waals surface area contributed by atoms with E-state index in [1.54, 1.807) is 11.9 Å². The zero-order chi connectivity index (χ0) is 23.9. The summed E-state index contributed by atoms with van der Waals surface area (Å²) in [6, 6.07) is 6.30. The molecule has 33 heavy (non-hydrogen) atoms. The minimum absolute atomic E-state index is 0.151. The van der Waals surface area contributed by atoms with Crippen molar-refractivity contribution in [1.29, 1.82) is 0 Å². The van der Waals surface area contributed by atoms with Crippen molar-refractivity contribution >= 4 is 17.5 Å². The Balaban J connectivity index is 1.59. The Morgan fingerprint density at radius 3 is 2.55 bits per heavy atom. The van der Waals surface area contributed by atoms with Crippen LogP contribution in [0.15, 0.2) is 18.2 Å². The number of hydrogen-bond donors (Lipinski definition) is 1. The fraction of sp³-hybridized carbons (Fsp3) is 0.615. The third kappa shape index (κ3) is 5.12. The van der Waals surface area contributed by atoms with Crippen LogP contribution in [0.25, 0.3) is 0 Å². The largest absolute Gasteiger partial charge is 0.344 e. The molecule has 2 atom stereocenters. The first-order valence-electron chi connectivity index (χ1n) is 12.1. The van der Waals surface area contributed by atoms with Crippen LogP contribution in [0.1, 0.15) is 81.2 Å². The van der Waals surface area contributed by atoms with Crippen molar-refractivity contribution in [3.8, 4) is 0 Å². The van der Waals surface area contributed by atoms with Crippen LogP contribution in [0.2, 0.25) is 0 Å². The molecule has 0 spiro atoms. The van der Waals surface area contributed by atoms with Gasteiger partial charge in [0, 0.05) is 31.7 Å². The van der Waals surface area contributed by atoms with Crippen molar-refractivity contribution in [3.05, 3.63) is 41.0 Å². The summed E-state index contributed by atoms with van der Waals surface area (Å²) >= 11 is 0. The summed E-state index contributed by atoms with van der Waals surface area (Å²) in [6.45, 7) is 11.2. The lowest BCUT2D eigenvalue weighted by Crippen LogP contribution is -2.33. The van der Waals surface area contributed by atoms with E-state index in [1.165, 1.54) is 0 Å². The van der Waals surface area contributed by atoms with Gasteiger partial charge < -0.3 is 14.8 Å². The second kappa shape index (κ2) is 8.92. The summed E-state index contributed by atoms with van der Waals surface area (Å²) in [4.78, 5) is 28.1. The van der Waals surface area contributed by atoms with Gasteiger partial charge >= 0.3 is 0 Å². The van der Waals surface area contributed by atoms with Gasteiger partial charge in [0.25, 0.3) is 0 Å². The first-order chi connectivity index (χ1) is 15.5. The van der Waals surface area contributed by atoms with Crippen molar-refractivity contribution in [2.24, 2.45) is 11.3 Å². The number of nitrogens with zero attached hydrogens (tertiary/aromatic N) is 4. The molecular formula is C26H37N5O2. The lowest BCUT2D eigenvalue weighted by atomic mass is 9.90. The molecule has 7 heteroatoms. The van der Waals surface area contributed by atoms with Crippen LogP contribution in [-0.2, 0) is 16.0 Å². The van der Waals surface area contributed by atoms with Gasteiger partial charge in [-0.1, -0.05) is 38.5 Å². The number of carbonyl (C=O) groups excluding carboxylic acids is 2. The van der Waals surface area contributed by atoms with Crippen LogP contribution in [0.4, 0.5) is 5.69 Å². The third-order valence-electron chi connectivity index (χ3n) is 6.80. The maximum Gasteiger partial charge on any atom is 0.237 e. The van der Waals surface area contributed by atoms with E-state index in [1.807, 2.05) is 32.0 Å². The molecule has 2 aliphatic rings. The van der Waals surface area contributed by atoms with E-state index >= 15 is 0 Å². The van der Waals surface area contributed by atoms with E-state index in [0.717, 1.165) is 60.6 Å². The third-order valence-corrected chi connectivity index (χ3v) is 6.80. The monoisotopic (exact) mass is 451 g/mol. The highest BCUT2D eigenvalue weighted by molar-refractivity contribution is 6.08. The van der Waals surface area contributed by atoms with Gasteiger partial charge in [0.05, 0.1) is 5.92 Å². The first kappa shape index (κ1) is 23.5. The molecule has 4 rings (SSSR count). The predicted molar refractivity (Wildman–Crippen MR) is 129 cm³/mol. The van der Waals surface area contributed by atoms with Crippen LogP contribution in [0.5, 0.6) is 0 Å². The van der Waals surface area contributed by atoms with Gasteiger partial charge in [-0.2, -0.15) is 0 Å². The summed E-state index contributed by atoms with van der Waals surface area (Å²) in [7, 11) is 1.77. The molecule has 2 amide bonds. The van der Waals surface area contributed by atoms with Gasteiger partial charge in [0.15, 0.2) is 0 Å². The molecule has 2 aromatic rings. The van der Waals surface area contributed by atoms with E-state index in [2.05, 4.69) is 40.9 Å². The molecule has 0 radical (unpaired) electrons. The number of carbonyl (C=O) groups is 2. The minimum Gasteiger partial charge on any atom is -0.344 e. The van der Waals surface area contributed by atoms with E-state index in [-0.39, 0.29) is 23.1 Å². The van der Waals surface area contributed by atoms with Crippen molar-refractivity contribution in [2.45, 2.75) is 78.7 Å². The molecular weight excluding hydrogens is 414 g/mol. The van der Waals surface area contributed by atoms with E-state index < -0.39 is 5.92 Å². The highest BCUT2D eigenvalue weighted by Gasteiger charge is 2.48.